The molecule has 0 fully saturated rings. The molecule has 0 saturated carbocycles. The van der Waals surface area contributed by atoms with Crippen LogP contribution in [0.3, 0.4) is 0 Å². The lowest BCUT2D eigenvalue weighted by Crippen LogP contribution is -2.34. The second-order valence-corrected chi connectivity index (χ2v) is 6.16. The van der Waals surface area contributed by atoms with Crippen LogP contribution in [0.15, 0.2) is 11.4 Å². The molecule has 0 atom stereocenters. The van der Waals surface area contributed by atoms with Crippen molar-refractivity contribution in [1.29, 1.82) is 0 Å². The van der Waals surface area contributed by atoms with Gasteiger partial charge >= 0.3 is 6.09 Å². The first kappa shape index (κ1) is 16.3. The standard InChI is InChI=1S/C13H21N3O3S/c1-13(2,3)19-12(18)16-7-4-6-15-11(17)10-9(14)5-8-20-10/h5,8H,4,6-7,14H2,1-3H3,(H,15,17)(H,16,18). The Hall–Kier alpha value is -1.76. The maximum atomic E-state index is 11.7. The van der Waals surface area contributed by atoms with Gasteiger partial charge in [-0.3, -0.25) is 4.79 Å². The van der Waals surface area contributed by atoms with Crippen LogP contribution in [0, 0.1) is 0 Å². The van der Waals surface area contributed by atoms with Crippen LogP contribution in [0.2, 0.25) is 0 Å². The SMILES string of the molecule is CC(C)(C)OC(=O)NCCCNC(=O)c1sccc1N. The van der Waals surface area contributed by atoms with Gasteiger partial charge in [-0.05, 0) is 38.6 Å². The molecule has 0 bridgehead atoms. The van der Waals surface area contributed by atoms with Gasteiger partial charge in [0.05, 0.1) is 5.69 Å². The number of ether oxygens (including phenoxy) is 1. The maximum Gasteiger partial charge on any atom is 0.407 e. The molecule has 112 valence electrons. The Morgan fingerprint density at radius 2 is 1.95 bits per heavy atom. The molecule has 20 heavy (non-hydrogen) atoms. The first-order valence-electron chi connectivity index (χ1n) is 6.37. The van der Waals surface area contributed by atoms with E-state index < -0.39 is 11.7 Å². The highest BCUT2D eigenvalue weighted by Gasteiger charge is 2.15. The minimum Gasteiger partial charge on any atom is -0.444 e. The van der Waals surface area contributed by atoms with Gasteiger partial charge in [-0.25, -0.2) is 4.79 Å². The normalized spacial score (nSPS) is 10.9. The monoisotopic (exact) mass is 299 g/mol. The number of nitrogens with one attached hydrogen (secondary N) is 2. The summed E-state index contributed by atoms with van der Waals surface area (Å²) in [5.74, 6) is -0.185. The Kier molecular flexibility index (Phi) is 5.82. The summed E-state index contributed by atoms with van der Waals surface area (Å²) < 4.78 is 5.09. The van der Waals surface area contributed by atoms with Gasteiger partial charge in [0.2, 0.25) is 0 Å². The summed E-state index contributed by atoms with van der Waals surface area (Å²) in [6.07, 6.45) is 0.169. The van der Waals surface area contributed by atoms with Crippen LogP contribution >= 0.6 is 11.3 Å². The molecular weight excluding hydrogens is 278 g/mol. The largest absolute Gasteiger partial charge is 0.444 e. The van der Waals surface area contributed by atoms with Crippen molar-refractivity contribution in [1.82, 2.24) is 10.6 Å². The van der Waals surface area contributed by atoms with Crippen LogP contribution in [-0.4, -0.2) is 30.7 Å². The van der Waals surface area contributed by atoms with Crippen molar-refractivity contribution in [2.45, 2.75) is 32.8 Å². The molecule has 0 aliphatic carbocycles. The zero-order chi connectivity index (χ0) is 15.2. The maximum absolute atomic E-state index is 11.7. The van der Waals surface area contributed by atoms with Gasteiger partial charge in [-0.1, -0.05) is 0 Å². The van der Waals surface area contributed by atoms with Crippen LogP contribution in [-0.2, 0) is 4.74 Å². The fourth-order valence-corrected chi connectivity index (χ4v) is 2.11. The second-order valence-electron chi connectivity index (χ2n) is 5.24. The molecule has 0 aliphatic rings. The van der Waals surface area contributed by atoms with E-state index in [1.54, 1.807) is 32.2 Å². The Balaban J connectivity index is 2.15. The Labute approximate surface area is 122 Å². The predicted octanol–water partition coefficient (Wildman–Crippen LogP) is 1.97. The van der Waals surface area contributed by atoms with E-state index in [0.29, 0.717) is 30.1 Å². The van der Waals surface area contributed by atoms with Gasteiger partial charge < -0.3 is 21.1 Å². The molecule has 7 heteroatoms. The summed E-state index contributed by atoms with van der Waals surface area (Å²) in [5, 5.41) is 7.14. The zero-order valence-corrected chi connectivity index (χ0v) is 12.8. The Morgan fingerprint density at radius 3 is 2.50 bits per heavy atom. The summed E-state index contributed by atoms with van der Waals surface area (Å²) in [5.41, 5.74) is 5.63. The van der Waals surface area contributed by atoms with Crippen molar-refractivity contribution in [2.24, 2.45) is 0 Å². The van der Waals surface area contributed by atoms with Gasteiger partial charge in [0.1, 0.15) is 10.5 Å². The number of thiophene rings is 1. The predicted molar refractivity (Wildman–Crippen MR) is 79.9 cm³/mol. The zero-order valence-electron chi connectivity index (χ0n) is 12.0. The fourth-order valence-electron chi connectivity index (χ4n) is 1.38. The molecule has 1 aromatic heterocycles. The van der Waals surface area contributed by atoms with Crippen LogP contribution in [0.1, 0.15) is 36.9 Å². The molecule has 0 spiro atoms. The number of amides is 2. The van der Waals surface area contributed by atoms with Gasteiger partial charge in [-0.15, -0.1) is 11.3 Å². The lowest BCUT2D eigenvalue weighted by molar-refractivity contribution is 0.0527. The molecule has 6 nitrogen and oxygen atoms in total. The molecule has 0 radical (unpaired) electrons. The van der Waals surface area contributed by atoms with Crippen LogP contribution in [0.5, 0.6) is 0 Å². The van der Waals surface area contributed by atoms with E-state index in [9.17, 15) is 9.59 Å². The van der Waals surface area contributed by atoms with Crippen molar-refractivity contribution >= 4 is 29.0 Å². The third kappa shape index (κ3) is 5.92. The summed E-state index contributed by atoms with van der Waals surface area (Å²) in [4.78, 5) is 23.6. The smallest absolute Gasteiger partial charge is 0.407 e. The van der Waals surface area contributed by atoms with Gasteiger partial charge in [0.15, 0.2) is 0 Å². The third-order valence-electron chi connectivity index (χ3n) is 2.21. The van der Waals surface area contributed by atoms with Gasteiger partial charge in [0.25, 0.3) is 5.91 Å². The molecule has 4 N–H and O–H groups in total. The van der Waals surface area contributed by atoms with Crippen LogP contribution in [0.25, 0.3) is 0 Å². The third-order valence-corrected chi connectivity index (χ3v) is 3.14. The van der Waals surface area contributed by atoms with E-state index in [0.717, 1.165) is 0 Å². The number of hydrogen-bond acceptors (Lipinski definition) is 5. The second kappa shape index (κ2) is 7.14. The molecule has 0 saturated heterocycles. The average molecular weight is 299 g/mol. The van der Waals surface area contributed by atoms with Crippen molar-refractivity contribution in [3.05, 3.63) is 16.3 Å². The first-order valence-corrected chi connectivity index (χ1v) is 7.25. The van der Waals surface area contributed by atoms with E-state index in [1.165, 1.54) is 11.3 Å². The number of hydrogen-bond donors (Lipinski definition) is 3. The van der Waals surface area contributed by atoms with Crippen molar-refractivity contribution in [3.8, 4) is 0 Å². The van der Waals surface area contributed by atoms with Crippen LogP contribution < -0.4 is 16.4 Å². The summed E-state index contributed by atoms with van der Waals surface area (Å²) >= 11 is 1.31. The lowest BCUT2D eigenvalue weighted by Gasteiger charge is -2.19. The highest BCUT2D eigenvalue weighted by atomic mass is 32.1. The minimum atomic E-state index is -0.505. The number of carbonyl (C=O) groups excluding carboxylic acids is 2. The molecule has 0 aromatic carbocycles. The summed E-state index contributed by atoms with van der Waals surface area (Å²) in [6, 6.07) is 1.70. The number of alkyl carbamates (subject to hydrolysis) is 1. The molecule has 1 rings (SSSR count). The summed E-state index contributed by atoms with van der Waals surface area (Å²) in [6.45, 7) is 6.32. The van der Waals surface area contributed by atoms with Crippen molar-refractivity contribution in [3.63, 3.8) is 0 Å². The number of anilines is 1. The lowest BCUT2D eigenvalue weighted by atomic mass is 10.2. The molecule has 0 unspecified atom stereocenters. The first-order chi connectivity index (χ1) is 9.29. The van der Waals surface area contributed by atoms with Crippen molar-refractivity contribution in [2.75, 3.05) is 18.8 Å². The average Bonchev–Trinajstić information content (AvgIpc) is 2.72. The molecule has 0 aliphatic heterocycles. The minimum absolute atomic E-state index is 0.185. The molecular formula is C13H21N3O3S. The van der Waals surface area contributed by atoms with E-state index in [4.69, 9.17) is 10.5 Å². The van der Waals surface area contributed by atoms with E-state index >= 15 is 0 Å². The summed E-state index contributed by atoms with van der Waals surface area (Å²) in [7, 11) is 0. The molecule has 1 heterocycles. The van der Waals surface area contributed by atoms with Crippen LogP contribution in [0.4, 0.5) is 10.5 Å². The Bertz CT molecular complexity index is 466. The van der Waals surface area contributed by atoms with E-state index in [1.807, 2.05) is 0 Å². The van der Waals surface area contributed by atoms with E-state index in [-0.39, 0.29) is 5.91 Å². The number of rotatable bonds is 5. The highest BCUT2D eigenvalue weighted by molar-refractivity contribution is 7.12. The number of nitrogen functional groups attached to an aromatic ring is 1. The quantitative estimate of drug-likeness (QED) is 0.725. The van der Waals surface area contributed by atoms with Gasteiger partial charge in [0, 0.05) is 13.1 Å². The molecule has 2 amide bonds. The van der Waals surface area contributed by atoms with Crippen molar-refractivity contribution < 1.29 is 14.3 Å². The topological polar surface area (TPSA) is 93.5 Å². The Morgan fingerprint density at radius 1 is 1.30 bits per heavy atom. The molecule has 1 aromatic rings. The van der Waals surface area contributed by atoms with Gasteiger partial charge in [-0.2, -0.15) is 0 Å². The highest BCUT2D eigenvalue weighted by Crippen LogP contribution is 2.18. The van der Waals surface area contributed by atoms with E-state index in [2.05, 4.69) is 10.6 Å². The number of nitrogens with two attached hydrogens (primary N) is 1. The number of carbonyl (C=O) groups is 2. The fraction of sp³-hybridized carbons (Fsp3) is 0.538.